The standard InChI is InChI=1S/C18H24N2O2/c1-13(14-7-3-2-4-8-14)19-18(22)15-11-17(21)20(12-15)16-9-5-6-10-16/h2-4,7-8,13,15-16H,5-6,9-12H2,1H3,(H,19,22). The summed E-state index contributed by atoms with van der Waals surface area (Å²) in [4.78, 5) is 26.6. The van der Waals surface area contributed by atoms with Crippen molar-refractivity contribution in [3.63, 3.8) is 0 Å². The molecule has 0 radical (unpaired) electrons. The fourth-order valence-corrected chi connectivity index (χ4v) is 3.63. The number of hydrogen-bond acceptors (Lipinski definition) is 2. The lowest BCUT2D eigenvalue weighted by atomic mass is 10.1. The van der Waals surface area contributed by atoms with Crippen LogP contribution in [0.4, 0.5) is 0 Å². The van der Waals surface area contributed by atoms with Gasteiger partial charge < -0.3 is 10.2 Å². The van der Waals surface area contributed by atoms with Crippen LogP contribution in [0, 0.1) is 5.92 Å². The lowest BCUT2D eigenvalue weighted by molar-refractivity contribution is -0.130. The summed E-state index contributed by atoms with van der Waals surface area (Å²) in [6, 6.07) is 10.3. The molecule has 2 amide bonds. The summed E-state index contributed by atoms with van der Waals surface area (Å²) >= 11 is 0. The zero-order valence-corrected chi connectivity index (χ0v) is 13.1. The minimum atomic E-state index is -0.195. The fraction of sp³-hybridized carbons (Fsp3) is 0.556. The highest BCUT2D eigenvalue weighted by atomic mass is 16.2. The number of carbonyl (C=O) groups is 2. The molecule has 22 heavy (non-hydrogen) atoms. The normalized spacial score (nSPS) is 23.8. The van der Waals surface area contributed by atoms with Gasteiger partial charge in [0, 0.05) is 19.0 Å². The molecule has 0 spiro atoms. The highest BCUT2D eigenvalue weighted by Gasteiger charge is 2.38. The molecule has 1 aromatic rings. The van der Waals surface area contributed by atoms with Crippen LogP contribution >= 0.6 is 0 Å². The van der Waals surface area contributed by atoms with Gasteiger partial charge in [0.05, 0.1) is 12.0 Å². The molecule has 118 valence electrons. The van der Waals surface area contributed by atoms with Crippen LogP contribution in [0.1, 0.15) is 50.6 Å². The molecule has 0 aromatic heterocycles. The summed E-state index contributed by atoms with van der Waals surface area (Å²) in [6.07, 6.45) is 4.97. The molecule has 4 heteroatoms. The summed E-state index contributed by atoms with van der Waals surface area (Å²) in [6.45, 7) is 2.58. The summed E-state index contributed by atoms with van der Waals surface area (Å²) in [5, 5.41) is 3.05. The van der Waals surface area contributed by atoms with Crippen LogP contribution in [0.25, 0.3) is 0 Å². The predicted molar refractivity (Wildman–Crippen MR) is 85.1 cm³/mol. The minimum Gasteiger partial charge on any atom is -0.349 e. The predicted octanol–water partition coefficient (Wildman–Crippen LogP) is 2.65. The first kappa shape index (κ1) is 15.1. The summed E-state index contributed by atoms with van der Waals surface area (Å²) < 4.78 is 0. The van der Waals surface area contributed by atoms with Crippen LogP contribution in [0.2, 0.25) is 0 Å². The van der Waals surface area contributed by atoms with Gasteiger partial charge in [0.2, 0.25) is 11.8 Å². The first-order valence-electron chi connectivity index (χ1n) is 8.30. The lowest BCUT2D eigenvalue weighted by Crippen LogP contribution is -2.37. The van der Waals surface area contributed by atoms with Gasteiger partial charge in [0.25, 0.3) is 0 Å². The number of nitrogens with one attached hydrogen (secondary N) is 1. The third-order valence-corrected chi connectivity index (χ3v) is 4.95. The van der Waals surface area contributed by atoms with Crippen LogP contribution in [-0.4, -0.2) is 29.3 Å². The molecule has 1 heterocycles. The minimum absolute atomic E-state index is 0.00481. The van der Waals surface area contributed by atoms with Crippen molar-refractivity contribution in [3.8, 4) is 0 Å². The Hall–Kier alpha value is -1.84. The lowest BCUT2D eigenvalue weighted by Gasteiger charge is -2.24. The van der Waals surface area contributed by atoms with Crippen molar-refractivity contribution in [1.29, 1.82) is 0 Å². The van der Waals surface area contributed by atoms with Crippen molar-refractivity contribution in [1.82, 2.24) is 10.2 Å². The molecular formula is C18H24N2O2. The molecule has 1 aliphatic heterocycles. The molecule has 1 aliphatic carbocycles. The van der Waals surface area contributed by atoms with E-state index in [0.717, 1.165) is 18.4 Å². The van der Waals surface area contributed by atoms with Crippen molar-refractivity contribution >= 4 is 11.8 Å². The number of likely N-dealkylation sites (tertiary alicyclic amines) is 1. The number of hydrogen-bond donors (Lipinski definition) is 1. The van der Waals surface area contributed by atoms with Crippen molar-refractivity contribution in [3.05, 3.63) is 35.9 Å². The van der Waals surface area contributed by atoms with Crippen LogP contribution in [0.3, 0.4) is 0 Å². The van der Waals surface area contributed by atoms with Crippen molar-refractivity contribution < 1.29 is 9.59 Å². The average Bonchev–Trinajstić information content (AvgIpc) is 3.17. The maximum absolute atomic E-state index is 12.4. The zero-order chi connectivity index (χ0) is 15.5. The second-order valence-corrected chi connectivity index (χ2v) is 6.53. The number of nitrogens with zero attached hydrogens (tertiary/aromatic N) is 1. The molecule has 3 rings (SSSR count). The van der Waals surface area contributed by atoms with Gasteiger partial charge in [0.15, 0.2) is 0 Å². The van der Waals surface area contributed by atoms with Gasteiger partial charge >= 0.3 is 0 Å². The number of carbonyl (C=O) groups excluding carboxylic acids is 2. The number of amides is 2. The average molecular weight is 300 g/mol. The van der Waals surface area contributed by atoms with Crippen molar-refractivity contribution in [2.24, 2.45) is 5.92 Å². The molecule has 1 N–H and O–H groups in total. The van der Waals surface area contributed by atoms with E-state index in [0.29, 0.717) is 19.0 Å². The second-order valence-electron chi connectivity index (χ2n) is 6.53. The molecule has 4 nitrogen and oxygen atoms in total. The summed E-state index contributed by atoms with van der Waals surface area (Å²) in [7, 11) is 0. The Morgan fingerprint density at radius 2 is 1.91 bits per heavy atom. The van der Waals surface area contributed by atoms with Gasteiger partial charge in [-0.2, -0.15) is 0 Å². The van der Waals surface area contributed by atoms with Gasteiger partial charge in [-0.1, -0.05) is 43.2 Å². The maximum Gasteiger partial charge on any atom is 0.225 e. The van der Waals surface area contributed by atoms with Crippen molar-refractivity contribution in [2.45, 2.75) is 51.1 Å². The van der Waals surface area contributed by atoms with Gasteiger partial charge in [-0.05, 0) is 25.3 Å². The van der Waals surface area contributed by atoms with Crippen LogP contribution < -0.4 is 5.32 Å². The molecule has 2 unspecified atom stereocenters. The largest absolute Gasteiger partial charge is 0.349 e. The Labute approximate surface area is 131 Å². The summed E-state index contributed by atoms with van der Waals surface area (Å²) in [5.74, 6) is -0.0381. The third kappa shape index (κ3) is 3.16. The van der Waals surface area contributed by atoms with E-state index in [1.54, 1.807) is 0 Å². The van der Waals surface area contributed by atoms with E-state index in [-0.39, 0.29) is 23.8 Å². The SMILES string of the molecule is CC(NC(=O)C1CC(=O)N(C2CCCC2)C1)c1ccccc1. The third-order valence-electron chi connectivity index (χ3n) is 4.95. The Morgan fingerprint density at radius 1 is 1.23 bits per heavy atom. The van der Waals surface area contributed by atoms with E-state index < -0.39 is 0 Å². The van der Waals surface area contributed by atoms with Crippen LogP contribution in [0.5, 0.6) is 0 Å². The summed E-state index contributed by atoms with van der Waals surface area (Å²) in [5.41, 5.74) is 1.09. The molecule has 2 aliphatic rings. The topological polar surface area (TPSA) is 49.4 Å². The Balaban J connectivity index is 1.58. The van der Waals surface area contributed by atoms with E-state index in [9.17, 15) is 9.59 Å². The molecule has 2 fully saturated rings. The van der Waals surface area contributed by atoms with Gasteiger partial charge in [-0.25, -0.2) is 0 Å². The zero-order valence-electron chi connectivity index (χ0n) is 13.1. The first-order valence-corrected chi connectivity index (χ1v) is 8.30. The van der Waals surface area contributed by atoms with Gasteiger partial charge in [-0.15, -0.1) is 0 Å². The van der Waals surface area contributed by atoms with Crippen LogP contribution in [-0.2, 0) is 9.59 Å². The van der Waals surface area contributed by atoms with E-state index in [1.165, 1.54) is 12.8 Å². The Kier molecular flexibility index (Phi) is 4.46. The molecule has 1 aromatic carbocycles. The monoisotopic (exact) mass is 300 g/mol. The molecule has 1 saturated carbocycles. The first-order chi connectivity index (χ1) is 10.6. The van der Waals surface area contributed by atoms with Gasteiger partial charge in [0.1, 0.15) is 0 Å². The fourth-order valence-electron chi connectivity index (χ4n) is 3.63. The van der Waals surface area contributed by atoms with Crippen LogP contribution in [0.15, 0.2) is 30.3 Å². The van der Waals surface area contributed by atoms with E-state index in [4.69, 9.17) is 0 Å². The quantitative estimate of drug-likeness (QED) is 0.929. The molecular weight excluding hydrogens is 276 g/mol. The highest BCUT2D eigenvalue weighted by molar-refractivity contribution is 5.89. The second kappa shape index (κ2) is 6.51. The van der Waals surface area contributed by atoms with Gasteiger partial charge in [-0.3, -0.25) is 9.59 Å². The Bertz CT molecular complexity index is 537. The smallest absolute Gasteiger partial charge is 0.225 e. The molecule has 0 bridgehead atoms. The van der Waals surface area contributed by atoms with Crippen molar-refractivity contribution in [2.75, 3.05) is 6.54 Å². The molecule has 1 saturated heterocycles. The molecule has 2 atom stereocenters. The Morgan fingerprint density at radius 3 is 2.59 bits per heavy atom. The van der Waals surface area contributed by atoms with E-state index in [2.05, 4.69) is 5.32 Å². The number of benzene rings is 1. The maximum atomic E-state index is 12.4. The highest BCUT2D eigenvalue weighted by Crippen LogP contribution is 2.29. The number of rotatable bonds is 4. The van der Waals surface area contributed by atoms with E-state index >= 15 is 0 Å². The van der Waals surface area contributed by atoms with E-state index in [1.807, 2.05) is 42.2 Å².